The van der Waals surface area contributed by atoms with Crippen LogP contribution < -0.4 is 46.9 Å². The molecule has 0 saturated carbocycles. The zero-order valence-electron chi connectivity index (χ0n) is 65.1. The lowest BCUT2D eigenvalue weighted by Gasteiger charge is -2.47. The van der Waals surface area contributed by atoms with Gasteiger partial charge in [-0.3, -0.25) is 0 Å². The average Bonchev–Trinajstić information content (AvgIpc) is 0.732. The third-order valence-electron chi connectivity index (χ3n) is 23.3. The average molecular weight is 1410 g/mol. The molecule has 15 aromatic rings. The molecule has 0 unspecified atom stereocenters. The van der Waals surface area contributed by atoms with E-state index in [0.717, 1.165) is 39.6 Å². The third-order valence-corrected chi connectivity index (χ3v) is 28.1. The topological polar surface area (TPSA) is 11.4 Å². The molecule has 0 fully saturated rings. The molecular weight excluding hydrogens is 1320 g/mol. The number of aromatic nitrogens is 1. The second-order valence-corrected chi connectivity index (χ2v) is 38.5. The predicted octanol–water partition coefficient (Wildman–Crippen LogP) is 23.2. The van der Waals surface area contributed by atoms with Gasteiger partial charge in [0.1, 0.15) is 0 Å². The first-order valence-corrected chi connectivity index (χ1v) is 40.9. The second kappa shape index (κ2) is 26.6. The molecule has 0 radical (unpaired) electrons. The van der Waals surface area contributed by atoms with Gasteiger partial charge in [0.25, 0.3) is 6.71 Å². The molecule has 5 heteroatoms. The molecule has 1 aromatic heterocycles. The van der Waals surface area contributed by atoms with Gasteiger partial charge in [0.05, 0.1) is 22.4 Å². The van der Waals surface area contributed by atoms with Crippen molar-refractivity contribution < 1.29 is 0 Å². The van der Waals surface area contributed by atoms with Crippen LogP contribution >= 0.6 is 0 Å². The van der Waals surface area contributed by atoms with E-state index in [9.17, 15) is 0 Å². The molecule has 530 valence electrons. The SMILES string of the molecule is CC(C)c1cc2c3c(c1)N(c1c(-c4ccccc4)cc(C(C)(C)C)cc1-c1ccccc1)c1cc(-n4c5ccc(C(C)(C)C)cc5c5cc(C(C)(C)C)ccc54)ccc1B3c1cc([Si](c3ccccc3)(c3ccccc3)c3ccccc3)ccc1N2c1c(-c2ccccc2)cc(C(C)(C)C)cc1-c1ccccc1. The van der Waals surface area contributed by atoms with Gasteiger partial charge in [0.15, 0.2) is 8.07 Å². The van der Waals surface area contributed by atoms with E-state index >= 15 is 0 Å². The van der Waals surface area contributed by atoms with Crippen LogP contribution in [0.3, 0.4) is 0 Å². The number of benzene rings is 14. The van der Waals surface area contributed by atoms with Gasteiger partial charge in [-0.2, -0.15) is 0 Å². The molecule has 0 spiro atoms. The zero-order valence-corrected chi connectivity index (χ0v) is 66.1. The van der Waals surface area contributed by atoms with Gasteiger partial charge in [-0.05, 0) is 194 Å². The van der Waals surface area contributed by atoms with Crippen LogP contribution in [0, 0.1) is 0 Å². The van der Waals surface area contributed by atoms with Crippen LogP contribution in [0.15, 0.2) is 322 Å². The van der Waals surface area contributed by atoms with Crippen LogP contribution in [0.4, 0.5) is 34.1 Å². The van der Waals surface area contributed by atoms with Crippen LogP contribution in [0.5, 0.6) is 0 Å². The third kappa shape index (κ3) is 11.9. The van der Waals surface area contributed by atoms with Crippen molar-refractivity contribution in [2.45, 2.75) is 125 Å². The summed E-state index contributed by atoms with van der Waals surface area (Å²) >= 11 is 0. The Bertz CT molecular complexity index is 5630. The minimum absolute atomic E-state index is 0.0631. The molecule has 3 nitrogen and oxygen atoms in total. The smallest absolute Gasteiger partial charge is 0.252 e. The Morgan fingerprint density at radius 3 is 0.991 bits per heavy atom. The van der Waals surface area contributed by atoms with Gasteiger partial charge in [-0.1, -0.05) is 340 Å². The summed E-state index contributed by atoms with van der Waals surface area (Å²) in [5.41, 5.74) is 29.5. The largest absolute Gasteiger partial charge is 0.310 e. The highest BCUT2D eigenvalue weighted by Crippen LogP contribution is 2.55. The summed E-state index contributed by atoms with van der Waals surface area (Å²) in [6.07, 6.45) is 0. The minimum Gasteiger partial charge on any atom is -0.310 e. The van der Waals surface area contributed by atoms with Crippen molar-refractivity contribution in [2.24, 2.45) is 0 Å². The Hall–Kier alpha value is -11.2. The minimum atomic E-state index is -3.20. The Kier molecular flexibility index (Phi) is 17.2. The lowest BCUT2D eigenvalue weighted by molar-refractivity contribution is 0.590. The molecule has 17 rings (SSSR count). The van der Waals surface area contributed by atoms with Crippen molar-refractivity contribution in [3.05, 3.63) is 349 Å². The molecule has 14 aromatic carbocycles. The molecule has 108 heavy (non-hydrogen) atoms. The normalized spacial score (nSPS) is 13.1. The Morgan fingerprint density at radius 2 is 0.639 bits per heavy atom. The van der Waals surface area contributed by atoms with Crippen molar-refractivity contribution in [3.8, 4) is 50.2 Å². The van der Waals surface area contributed by atoms with E-state index in [-0.39, 0.29) is 34.3 Å². The molecule has 0 N–H and O–H groups in total. The van der Waals surface area contributed by atoms with Crippen LogP contribution in [0.2, 0.25) is 0 Å². The van der Waals surface area contributed by atoms with Gasteiger partial charge < -0.3 is 14.4 Å². The lowest BCUT2D eigenvalue weighted by atomic mass is 9.33. The number of rotatable bonds is 12. The van der Waals surface area contributed by atoms with Crippen molar-refractivity contribution >= 4 is 108 Å². The van der Waals surface area contributed by atoms with Gasteiger partial charge in [-0.25, -0.2) is 0 Å². The van der Waals surface area contributed by atoms with Crippen LogP contribution in [-0.4, -0.2) is 19.4 Å². The van der Waals surface area contributed by atoms with E-state index in [1.807, 2.05) is 0 Å². The summed E-state index contributed by atoms with van der Waals surface area (Å²) in [6, 6.07) is 125. The van der Waals surface area contributed by atoms with Crippen LogP contribution in [-0.2, 0) is 21.7 Å². The summed E-state index contributed by atoms with van der Waals surface area (Å²) in [5, 5.41) is 7.87. The van der Waals surface area contributed by atoms with Gasteiger partial charge in [0, 0.05) is 61.5 Å². The van der Waals surface area contributed by atoms with Crippen molar-refractivity contribution in [1.82, 2.24) is 4.57 Å². The first kappa shape index (κ1) is 69.8. The molecule has 0 bridgehead atoms. The van der Waals surface area contributed by atoms with E-state index in [2.05, 4.69) is 433 Å². The number of hydrogen-bond acceptors (Lipinski definition) is 2. The van der Waals surface area contributed by atoms with E-state index in [1.54, 1.807) is 0 Å². The summed E-state index contributed by atoms with van der Waals surface area (Å²) in [5.74, 6) is 0.129. The van der Waals surface area contributed by atoms with E-state index < -0.39 is 8.07 Å². The highest BCUT2D eigenvalue weighted by Gasteiger charge is 2.49. The summed E-state index contributed by atoms with van der Waals surface area (Å²) in [4.78, 5) is 5.52. The molecule has 0 saturated heterocycles. The van der Waals surface area contributed by atoms with E-state index in [1.165, 1.54) is 132 Å². The quantitative estimate of drug-likeness (QED) is 0.0892. The standard InChI is InChI=1S/C103H96BN3Si/c1-68(2)73-58-95-97-96(59-73)107(99-85(71-40-26-17-27-41-71)64-77(103(12,13)14)65-86(99)72-42-28-18-29-43-72)94-66-78(105-91-55-50-74(100(3,4)5)60-87(91)88-61-75(101(6,7)8)51-56-92(88)105)52-54-89(94)104(97)90-67-82(108(79-44-30-19-31-45-79,80-46-32-20-33-47-80)81-48-34-21-35-49-81)53-57-93(90)106(95)98-83(69-36-22-15-23-37-69)62-76(102(9,10)11)63-84(98)70-38-24-16-25-39-70/h15-68H,1-14H3. The number of fused-ring (bicyclic) bond motifs is 7. The fourth-order valence-corrected chi connectivity index (χ4v) is 22.2. The van der Waals surface area contributed by atoms with Gasteiger partial charge in [-0.15, -0.1) is 0 Å². The first-order valence-electron chi connectivity index (χ1n) is 38.9. The van der Waals surface area contributed by atoms with Crippen LogP contribution in [0.25, 0.3) is 72.0 Å². The molecule has 2 aliphatic rings. The van der Waals surface area contributed by atoms with E-state index in [4.69, 9.17) is 0 Å². The lowest BCUT2D eigenvalue weighted by Crippen LogP contribution is -2.75. The van der Waals surface area contributed by atoms with Crippen molar-refractivity contribution in [2.75, 3.05) is 9.80 Å². The molecule has 3 heterocycles. The fraction of sp³-hybridized carbons (Fsp3) is 0.184. The number of nitrogens with zero attached hydrogens (tertiary/aromatic N) is 3. The molecule has 0 aliphatic carbocycles. The summed E-state index contributed by atoms with van der Waals surface area (Å²) in [6.45, 7) is 32.8. The first-order chi connectivity index (χ1) is 51.9. The monoisotopic (exact) mass is 1410 g/mol. The number of hydrogen-bond donors (Lipinski definition) is 0. The molecule has 0 amide bonds. The van der Waals surface area contributed by atoms with Gasteiger partial charge in [0.2, 0.25) is 0 Å². The Morgan fingerprint density at radius 1 is 0.287 bits per heavy atom. The molecule has 2 aliphatic heterocycles. The summed E-state index contributed by atoms with van der Waals surface area (Å²) < 4.78 is 2.58. The Balaban J connectivity index is 1.08. The molecule has 0 atom stereocenters. The van der Waals surface area contributed by atoms with Crippen molar-refractivity contribution in [1.29, 1.82) is 0 Å². The fourth-order valence-electron chi connectivity index (χ4n) is 17.5. The Labute approximate surface area is 642 Å². The van der Waals surface area contributed by atoms with Crippen LogP contribution in [0.1, 0.15) is 131 Å². The summed E-state index contributed by atoms with van der Waals surface area (Å²) in [7, 11) is -3.20. The van der Waals surface area contributed by atoms with E-state index in [0.29, 0.717) is 0 Å². The second-order valence-electron chi connectivity index (χ2n) is 34.7. The molecular formula is C103H96BN3Si. The van der Waals surface area contributed by atoms with Gasteiger partial charge >= 0.3 is 0 Å². The maximum atomic E-state index is 2.77. The highest BCUT2D eigenvalue weighted by molar-refractivity contribution is 7.20. The van der Waals surface area contributed by atoms with Crippen molar-refractivity contribution in [3.63, 3.8) is 0 Å². The number of anilines is 6. The zero-order chi connectivity index (χ0) is 74.8. The highest BCUT2D eigenvalue weighted by atomic mass is 28.3. The maximum Gasteiger partial charge on any atom is 0.252 e. The predicted molar refractivity (Wildman–Crippen MR) is 469 cm³/mol. The maximum absolute atomic E-state index is 3.20.